The van der Waals surface area contributed by atoms with Crippen LogP contribution >= 0.6 is 11.6 Å². The van der Waals surface area contributed by atoms with Gasteiger partial charge in [0.25, 0.3) is 0 Å². The van der Waals surface area contributed by atoms with Crippen molar-refractivity contribution in [2.24, 2.45) is 5.73 Å². The first-order valence-electron chi connectivity index (χ1n) is 5.05. The van der Waals surface area contributed by atoms with E-state index in [1.54, 1.807) is 0 Å². The van der Waals surface area contributed by atoms with Crippen molar-refractivity contribution in [3.05, 3.63) is 34.3 Å². The van der Waals surface area contributed by atoms with E-state index in [1.807, 2.05) is 6.07 Å². The third-order valence-corrected chi connectivity index (χ3v) is 3.32. The maximum Gasteiger partial charge on any atom is 0.0408 e. The molecule has 0 spiro atoms. The number of hydrogen-bond donors (Lipinski definition) is 1. The highest BCUT2D eigenvalue weighted by molar-refractivity contribution is 6.30. The van der Waals surface area contributed by atoms with Crippen molar-refractivity contribution < 1.29 is 0 Å². The monoisotopic (exact) mass is 209 g/mol. The molecule has 0 aromatic heterocycles. The first-order chi connectivity index (χ1) is 6.48. The van der Waals surface area contributed by atoms with Crippen molar-refractivity contribution >= 4 is 11.6 Å². The molecule has 76 valence electrons. The summed E-state index contributed by atoms with van der Waals surface area (Å²) in [4.78, 5) is 0. The largest absolute Gasteiger partial charge is 0.325 e. The van der Waals surface area contributed by atoms with Gasteiger partial charge in [-0.2, -0.15) is 0 Å². The number of rotatable bonds is 1. The number of aryl methyl sites for hydroxylation is 1. The fourth-order valence-electron chi connectivity index (χ4n) is 2.36. The molecule has 1 unspecified atom stereocenters. The number of benzene rings is 1. The molecule has 1 aliphatic rings. The Kier molecular flexibility index (Phi) is 2.32. The minimum atomic E-state index is -0.126. The molecule has 0 amide bonds. The van der Waals surface area contributed by atoms with Crippen LogP contribution in [0.15, 0.2) is 18.2 Å². The fourth-order valence-corrected chi connectivity index (χ4v) is 2.55. The SMILES string of the molecule is CC(C)(N)C1CCc2cc(Cl)ccc21. The normalized spacial score (nSPS) is 21.0. The topological polar surface area (TPSA) is 26.0 Å². The van der Waals surface area contributed by atoms with Crippen molar-refractivity contribution in [1.82, 2.24) is 0 Å². The molecule has 14 heavy (non-hydrogen) atoms. The van der Waals surface area contributed by atoms with Gasteiger partial charge in [-0.1, -0.05) is 17.7 Å². The Morgan fingerprint density at radius 1 is 1.43 bits per heavy atom. The van der Waals surface area contributed by atoms with Gasteiger partial charge in [0.2, 0.25) is 0 Å². The molecular weight excluding hydrogens is 194 g/mol. The first kappa shape index (κ1) is 10.0. The number of fused-ring (bicyclic) bond motifs is 1. The van der Waals surface area contributed by atoms with Gasteiger partial charge in [0.05, 0.1) is 0 Å². The summed E-state index contributed by atoms with van der Waals surface area (Å²) >= 11 is 5.95. The van der Waals surface area contributed by atoms with E-state index in [2.05, 4.69) is 26.0 Å². The molecular formula is C12H16ClN. The summed E-state index contributed by atoms with van der Waals surface area (Å²) in [6.07, 6.45) is 2.26. The van der Waals surface area contributed by atoms with E-state index < -0.39 is 0 Å². The number of halogens is 1. The van der Waals surface area contributed by atoms with Crippen LogP contribution in [0.3, 0.4) is 0 Å². The van der Waals surface area contributed by atoms with Crippen LogP contribution in [0, 0.1) is 0 Å². The zero-order chi connectivity index (χ0) is 10.3. The van der Waals surface area contributed by atoms with Gasteiger partial charge in [-0.3, -0.25) is 0 Å². The fraction of sp³-hybridized carbons (Fsp3) is 0.500. The van der Waals surface area contributed by atoms with Crippen molar-refractivity contribution in [3.8, 4) is 0 Å². The molecule has 0 saturated carbocycles. The van der Waals surface area contributed by atoms with Gasteiger partial charge in [-0.05, 0) is 49.9 Å². The van der Waals surface area contributed by atoms with Gasteiger partial charge in [0.15, 0.2) is 0 Å². The highest BCUT2D eigenvalue weighted by atomic mass is 35.5. The molecule has 0 heterocycles. The van der Waals surface area contributed by atoms with Crippen LogP contribution in [0.2, 0.25) is 5.02 Å². The van der Waals surface area contributed by atoms with Crippen LogP contribution in [0.5, 0.6) is 0 Å². The predicted octanol–water partition coefficient (Wildman–Crippen LogP) is 3.11. The average molecular weight is 210 g/mol. The van der Waals surface area contributed by atoms with Gasteiger partial charge < -0.3 is 5.73 Å². The molecule has 2 rings (SSSR count). The Morgan fingerprint density at radius 2 is 2.14 bits per heavy atom. The molecule has 0 aliphatic heterocycles. The summed E-state index contributed by atoms with van der Waals surface area (Å²) in [6, 6.07) is 6.16. The quantitative estimate of drug-likeness (QED) is 0.756. The van der Waals surface area contributed by atoms with Gasteiger partial charge in [0.1, 0.15) is 0 Å². The van der Waals surface area contributed by atoms with E-state index in [9.17, 15) is 0 Å². The second kappa shape index (κ2) is 3.25. The first-order valence-corrected chi connectivity index (χ1v) is 5.43. The van der Waals surface area contributed by atoms with Crippen LogP contribution in [0.25, 0.3) is 0 Å². The van der Waals surface area contributed by atoms with Crippen molar-refractivity contribution in [3.63, 3.8) is 0 Å². The van der Waals surface area contributed by atoms with Gasteiger partial charge in [0, 0.05) is 16.5 Å². The molecule has 2 N–H and O–H groups in total. The molecule has 1 aromatic rings. The predicted molar refractivity (Wildman–Crippen MR) is 60.8 cm³/mol. The zero-order valence-corrected chi connectivity index (χ0v) is 9.43. The third-order valence-electron chi connectivity index (χ3n) is 3.08. The van der Waals surface area contributed by atoms with Gasteiger partial charge in [-0.25, -0.2) is 0 Å². The van der Waals surface area contributed by atoms with E-state index in [0.717, 1.165) is 17.9 Å². The second-order valence-electron chi connectivity index (χ2n) is 4.76. The number of nitrogens with two attached hydrogens (primary N) is 1. The minimum absolute atomic E-state index is 0.126. The maximum atomic E-state index is 6.16. The van der Waals surface area contributed by atoms with Crippen LogP contribution in [-0.2, 0) is 6.42 Å². The Labute approximate surface area is 90.3 Å². The molecule has 1 nitrogen and oxygen atoms in total. The summed E-state index contributed by atoms with van der Waals surface area (Å²) in [7, 11) is 0. The highest BCUT2D eigenvalue weighted by Crippen LogP contribution is 2.39. The third kappa shape index (κ3) is 1.67. The van der Waals surface area contributed by atoms with Crippen LogP contribution in [-0.4, -0.2) is 5.54 Å². The van der Waals surface area contributed by atoms with Crippen LogP contribution in [0.1, 0.15) is 37.3 Å². The molecule has 1 atom stereocenters. The van der Waals surface area contributed by atoms with Crippen molar-refractivity contribution in [1.29, 1.82) is 0 Å². The van der Waals surface area contributed by atoms with Crippen LogP contribution in [0.4, 0.5) is 0 Å². The molecule has 1 aliphatic carbocycles. The maximum absolute atomic E-state index is 6.16. The molecule has 0 fully saturated rings. The summed E-state index contributed by atoms with van der Waals surface area (Å²) in [5, 5.41) is 0.833. The summed E-state index contributed by atoms with van der Waals surface area (Å²) < 4.78 is 0. The Bertz CT molecular complexity index is 352. The molecule has 2 heteroatoms. The smallest absolute Gasteiger partial charge is 0.0408 e. The summed E-state index contributed by atoms with van der Waals surface area (Å²) in [5.74, 6) is 0.481. The molecule has 0 saturated heterocycles. The molecule has 0 bridgehead atoms. The Hall–Kier alpha value is -0.530. The molecule has 1 aromatic carbocycles. The van der Waals surface area contributed by atoms with Gasteiger partial charge in [-0.15, -0.1) is 0 Å². The lowest BCUT2D eigenvalue weighted by molar-refractivity contribution is 0.409. The minimum Gasteiger partial charge on any atom is -0.325 e. The lowest BCUT2D eigenvalue weighted by Gasteiger charge is -2.27. The summed E-state index contributed by atoms with van der Waals surface area (Å²) in [5.41, 5.74) is 8.80. The van der Waals surface area contributed by atoms with E-state index in [-0.39, 0.29) is 5.54 Å². The average Bonchev–Trinajstić information content (AvgIpc) is 2.45. The van der Waals surface area contributed by atoms with Crippen molar-refractivity contribution in [2.45, 2.75) is 38.1 Å². The van der Waals surface area contributed by atoms with E-state index in [4.69, 9.17) is 17.3 Å². The molecule has 0 radical (unpaired) electrons. The second-order valence-corrected chi connectivity index (χ2v) is 5.19. The van der Waals surface area contributed by atoms with E-state index in [1.165, 1.54) is 11.1 Å². The van der Waals surface area contributed by atoms with Gasteiger partial charge >= 0.3 is 0 Å². The highest BCUT2D eigenvalue weighted by Gasteiger charge is 2.32. The van der Waals surface area contributed by atoms with E-state index >= 15 is 0 Å². The Balaban J connectivity index is 2.41. The number of hydrogen-bond acceptors (Lipinski definition) is 1. The summed E-state index contributed by atoms with van der Waals surface area (Å²) in [6.45, 7) is 4.20. The lowest BCUT2D eigenvalue weighted by Crippen LogP contribution is -2.38. The standard InChI is InChI=1S/C12H16ClN/c1-12(2,14)11-6-3-8-7-9(13)4-5-10(8)11/h4-5,7,11H,3,6,14H2,1-2H3. The Morgan fingerprint density at radius 3 is 2.79 bits per heavy atom. The van der Waals surface area contributed by atoms with Crippen molar-refractivity contribution in [2.75, 3.05) is 0 Å². The zero-order valence-electron chi connectivity index (χ0n) is 8.68. The van der Waals surface area contributed by atoms with Crippen LogP contribution < -0.4 is 5.73 Å². The lowest BCUT2D eigenvalue weighted by atomic mass is 9.84. The van der Waals surface area contributed by atoms with E-state index in [0.29, 0.717) is 5.92 Å².